The first-order valence-corrected chi connectivity index (χ1v) is 7.12. The normalized spacial score (nSPS) is 19.5. The van der Waals surface area contributed by atoms with Gasteiger partial charge in [-0.3, -0.25) is 4.79 Å². The lowest BCUT2D eigenvalue weighted by molar-refractivity contribution is -0.121. The number of pyridine rings is 1. The Morgan fingerprint density at radius 2 is 2.37 bits per heavy atom. The molecular formula is C15H23N3O. The predicted octanol–water partition coefficient (Wildman–Crippen LogP) is 2.83. The molecule has 0 radical (unpaired) electrons. The number of hydrogen-bond acceptors (Lipinski definition) is 3. The van der Waals surface area contributed by atoms with Crippen molar-refractivity contribution in [1.29, 1.82) is 0 Å². The van der Waals surface area contributed by atoms with Gasteiger partial charge in [-0.2, -0.15) is 0 Å². The fraction of sp³-hybridized carbons (Fsp3) is 0.600. The second-order valence-corrected chi connectivity index (χ2v) is 5.57. The largest absolute Gasteiger partial charge is 0.370 e. The van der Waals surface area contributed by atoms with E-state index in [1.165, 1.54) is 6.42 Å². The van der Waals surface area contributed by atoms with E-state index in [2.05, 4.69) is 30.2 Å². The molecule has 1 aromatic rings. The van der Waals surface area contributed by atoms with Gasteiger partial charge in [0.05, 0.1) is 6.04 Å². The highest BCUT2D eigenvalue weighted by atomic mass is 16.1. The number of nitrogens with zero attached hydrogens (tertiary/aromatic N) is 2. The summed E-state index contributed by atoms with van der Waals surface area (Å²) in [5.41, 5.74) is 1.15. The Bertz CT molecular complexity index is 420. The maximum absolute atomic E-state index is 11.2. The lowest BCUT2D eigenvalue weighted by atomic mass is 9.96. The van der Waals surface area contributed by atoms with E-state index in [1.807, 2.05) is 11.0 Å². The minimum atomic E-state index is 0.176. The zero-order valence-corrected chi connectivity index (χ0v) is 11.8. The predicted molar refractivity (Wildman–Crippen MR) is 76.9 cm³/mol. The molecule has 19 heavy (non-hydrogen) atoms. The van der Waals surface area contributed by atoms with Crippen LogP contribution in [-0.4, -0.2) is 29.4 Å². The quantitative estimate of drug-likeness (QED) is 0.829. The molecule has 0 saturated carbocycles. The van der Waals surface area contributed by atoms with Crippen molar-refractivity contribution in [3.8, 4) is 0 Å². The summed E-state index contributed by atoms with van der Waals surface area (Å²) in [7, 11) is 0. The number of anilines is 1. The third-order valence-electron chi connectivity index (χ3n) is 3.56. The van der Waals surface area contributed by atoms with Gasteiger partial charge in [0.25, 0.3) is 0 Å². The first-order valence-electron chi connectivity index (χ1n) is 7.12. The SMILES string of the molecule is CC(C)CNc1ncccc1[C@H]1CCCCN1C=O. The van der Waals surface area contributed by atoms with Crippen molar-refractivity contribution in [1.82, 2.24) is 9.88 Å². The van der Waals surface area contributed by atoms with Gasteiger partial charge in [0, 0.05) is 24.8 Å². The Labute approximate surface area is 115 Å². The summed E-state index contributed by atoms with van der Waals surface area (Å²) in [5, 5.41) is 3.40. The summed E-state index contributed by atoms with van der Waals surface area (Å²) < 4.78 is 0. The van der Waals surface area contributed by atoms with E-state index in [0.29, 0.717) is 5.92 Å². The molecule has 2 rings (SSSR count). The molecule has 1 aromatic heterocycles. The minimum absolute atomic E-state index is 0.176. The Balaban J connectivity index is 2.19. The highest BCUT2D eigenvalue weighted by molar-refractivity contribution is 5.53. The van der Waals surface area contributed by atoms with Gasteiger partial charge in [-0.25, -0.2) is 4.98 Å². The van der Waals surface area contributed by atoms with Crippen LogP contribution < -0.4 is 5.32 Å². The molecule has 0 spiro atoms. The van der Waals surface area contributed by atoms with Crippen molar-refractivity contribution < 1.29 is 4.79 Å². The average Bonchev–Trinajstić information content (AvgIpc) is 2.45. The number of carbonyl (C=O) groups is 1. The number of likely N-dealkylation sites (tertiary alicyclic amines) is 1. The summed E-state index contributed by atoms with van der Waals surface area (Å²) in [6.07, 6.45) is 6.09. The fourth-order valence-corrected chi connectivity index (χ4v) is 2.55. The van der Waals surface area contributed by atoms with Crippen LogP contribution in [0.15, 0.2) is 18.3 Å². The van der Waals surface area contributed by atoms with Crippen LogP contribution in [0.2, 0.25) is 0 Å². The third kappa shape index (κ3) is 3.46. The fourth-order valence-electron chi connectivity index (χ4n) is 2.55. The molecule has 0 unspecified atom stereocenters. The van der Waals surface area contributed by atoms with Crippen molar-refractivity contribution in [2.45, 2.75) is 39.2 Å². The van der Waals surface area contributed by atoms with Crippen LogP contribution in [-0.2, 0) is 4.79 Å². The molecule has 1 amide bonds. The van der Waals surface area contributed by atoms with E-state index < -0.39 is 0 Å². The van der Waals surface area contributed by atoms with E-state index in [0.717, 1.165) is 43.7 Å². The molecule has 1 fully saturated rings. The maximum atomic E-state index is 11.2. The summed E-state index contributed by atoms with van der Waals surface area (Å²) in [5.74, 6) is 1.50. The highest BCUT2D eigenvalue weighted by Gasteiger charge is 2.25. The molecule has 0 aromatic carbocycles. The molecule has 1 N–H and O–H groups in total. The molecule has 0 aliphatic carbocycles. The highest BCUT2D eigenvalue weighted by Crippen LogP contribution is 2.33. The maximum Gasteiger partial charge on any atom is 0.210 e. The Morgan fingerprint density at radius 3 is 3.11 bits per heavy atom. The van der Waals surface area contributed by atoms with Gasteiger partial charge >= 0.3 is 0 Å². The molecular weight excluding hydrogens is 238 g/mol. The minimum Gasteiger partial charge on any atom is -0.370 e. The van der Waals surface area contributed by atoms with Crippen molar-refractivity contribution in [3.63, 3.8) is 0 Å². The van der Waals surface area contributed by atoms with Crippen LogP contribution in [0, 0.1) is 5.92 Å². The van der Waals surface area contributed by atoms with E-state index in [1.54, 1.807) is 6.20 Å². The second-order valence-electron chi connectivity index (χ2n) is 5.57. The number of hydrogen-bond donors (Lipinski definition) is 1. The lowest BCUT2D eigenvalue weighted by Gasteiger charge is -2.33. The van der Waals surface area contributed by atoms with Gasteiger partial charge in [-0.05, 0) is 31.2 Å². The zero-order chi connectivity index (χ0) is 13.7. The Kier molecular flexibility index (Phi) is 4.77. The standard InChI is InChI=1S/C15H23N3O/c1-12(2)10-17-15-13(6-5-8-16-15)14-7-3-4-9-18(14)11-19/h5-6,8,11-12,14H,3-4,7,9-10H2,1-2H3,(H,16,17)/t14-/m1/s1. The van der Waals surface area contributed by atoms with Gasteiger partial charge in [-0.15, -0.1) is 0 Å². The van der Waals surface area contributed by atoms with Crippen molar-refractivity contribution in [2.75, 3.05) is 18.4 Å². The van der Waals surface area contributed by atoms with Crippen molar-refractivity contribution in [2.24, 2.45) is 5.92 Å². The van der Waals surface area contributed by atoms with Gasteiger partial charge in [-0.1, -0.05) is 19.9 Å². The number of carbonyl (C=O) groups excluding carboxylic acids is 1. The molecule has 0 bridgehead atoms. The number of nitrogens with one attached hydrogen (secondary N) is 1. The lowest BCUT2D eigenvalue weighted by Crippen LogP contribution is -2.32. The van der Waals surface area contributed by atoms with Gasteiger partial charge in [0.15, 0.2) is 0 Å². The van der Waals surface area contributed by atoms with E-state index in [4.69, 9.17) is 0 Å². The second kappa shape index (κ2) is 6.55. The van der Waals surface area contributed by atoms with Crippen LogP contribution in [0.3, 0.4) is 0 Å². The summed E-state index contributed by atoms with van der Waals surface area (Å²) in [6.45, 7) is 6.10. The van der Waals surface area contributed by atoms with Gasteiger partial charge < -0.3 is 10.2 Å². The number of piperidine rings is 1. The number of amides is 1. The van der Waals surface area contributed by atoms with Crippen LogP contribution >= 0.6 is 0 Å². The van der Waals surface area contributed by atoms with Gasteiger partial charge in [0.1, 0.15) is 5.82 Å². The number of aromatic nitrogens is 1. The molecule has 4 heteroatoms. The Morgan fingerprint density at radius 1 is 1.53 bits per heavy atom. The number of rotatable bonds is 5. The topological polar surface area (TPSA) is 45.2 Å². The molecule has 1 aliphatic heterocycles. The van der Waals surface area contributed by atoms with Crippen LogP contribution in [0.25, 0.3) is 0 Å². The molecule has 104 valence electrons. The molecule has 1 aliphatic rings. The Hall–Kier alpha value is -1.58. The molecule has 1 atom stereocenters. The zero-order valence-electron chi connectivity index (χ0n) is 11.8. The summed E-state index contributed by atoms with van der Waals surface area (Å²) >= 11 is 0. The summed E-state index contributed by atoms with van der Waals surface area (Å²) in [4.78, 5) is 17.6. The average molecular weight is 261 g/mol. The smallest absolute Gasteiger partial charge is 0.210 e. The first kappa shape index (κ1) is 13.8. The van der Waals surface area contributed by atoms with E-state index >= 15 is 0 Å². The summed E-state index contributed by atoms with van der Waals surface area (Å²) in [6, 6.07) is 4.21. The van der Waals surface area contributed by atoms with Crippen LogP contribution in [0.1, 0.15) is 44.7 Å². The molecule has 2 heterocycles. The van der Waals surface area contributed by atoms with Crippen molar-refractivity contribution in [3.05, 3.63) is 23.9 Å². The van der Waals surface area contributed by atoms with Crippen molar-refractivity contribution >= 4 is 12.2 Å². The third-order valence-corrected chi connectivity index (χ3v) is 3.56. The monoisotopic (exact) mass is 261 g/mol. The first-order chi connectivity index (χ1) is 9.22. The van der Waals surface area contributed by atoms with Crippen LogP contribution in [0.5, 0.6) is 0 Å². The molecule has 4 nitrogen and oxygen atoms in total. The van der Waals surface area contributed by atoms with E-state index in [9.17, 15) is 4.79 Å². The van der Waals surface area contributed by atoms with Crippen LogP contribution in [0.4, 0.5) is 5.82 Å². The van der Waals surface area contributed by atoms with Gasteiger partial charge in [0.2, 0.25) is 6.41 Å². The van der Waals surface area contributed by atoms with E-state index in [-0.39, 0.29) is 6.04 Å². The molecule has 1 saturated heterocycles.